The van der Waals surface area contributed by atoms with Crippen LogP contribution in [0, 0.1) is 0 Å². The van der Waals surface area contributed by atoms with Gasteiger partial charge in [0.2, 0.25) is 10.0 Å². The van der Waals surface area contributed by atoms with E-state index >= 15 is 0 Å². The van der Waals surface area contributed by atoms with Gasteiger partial charge in [-0.15, -0.1) is 0 Å². The fourth-order valence-corrected chi connectivity index (χ4v) is 3.02. The standard InChI is InChI=1S/C12H27N3O3S/c1-2-4-13-5-3-12-19(16,17)14-6-7-15-8-10-18-11-9-15/h13-14H,2-12H2,1H3. The molecule has 7 heteroatoms. The summed E-state index contributed by atoms with van der Waals surface area (Å²) in [6.45, 7) is 8.33. The number of morpholine rings is 1. The van der Waals surface area contributed by atoms with Gasteiger partial charge in [0.25, 0.3) is 0 Å². The summed E-state index contributed by atoms with van der Waals surface area (Å²) < 4.78 is 31.3. The van der Waals surface area contributed by atoms with Crippen molar-refractivity contribution in [1.29, 1.82) is 0 Å². The monoisotopic (exact) mass is 293 g/mol. The van der Waals surface area contributed by atoms with Gasteiger partial charge in [-0.25, -0.2) is 13.1 Å². The van der Waals surface area contributed by atoms with Crippen molar-refractivity contribution in [2.45, 2.75) is 19.8 Å². The van der Waals surface area contributed by atoms with E-state index in [-0.39, 0.29) is 5.75 Å². The number of hydrogen-bond acceptors (Lipinski definition) is 5. The third-order valence-electron chi connectivity index (χ3n) is 3.05. The summed E-state index contributed by atoms with van der Waals surface area (Å²) in [6.07, 6.45) is 1.73. The minimum atomic E-state index is -3.12. The van der Waals surface area contributed by atoms with Crippen molar-refractivity contribution < 1.29 is 13.2 Å². The zero-order valence-electron chi connectivity index (χ0n) is 11.9. The predicted octanol–water partition coefficient (Wildman–Crippen LogP) is -0.372. The van der Waals surface area contributed by atoms with Gasteiger partial charge in [0.15, 0.2) is 0 Å². The summed E-state index contributed by atoms with van der Waals surface area (Å²) in [6, 6.07) is 0. The molecule has 0 aromatic rings. The van der Waals surface area contributed by atoms with Crippen molar-refractivity contribution in [3.05, 3.63) is 0 Å². The van der Waals surface area contributed by atoms with E-state index < -0.39 is 10.0 Å². The Bertz CT molecular complexity index is 316. The van der Waals surface area contributed by atoms with Crippen LogP contribution < -0.4 is 10.0 Å². The highest BCUT2D eigenvalue weighted by atomic mass is 32.2. The molecule has 6 nitrogen and oxygen atoms in total. The van der Waals surface area contributed by atoms with Crippen molar-refractivity contribution in [3.63, 3.8) is 0 Å². The first kappa shape index (κ1) is 16.8. The molecule has 0 aromatic heterocycles. The van der Waals surface area contributed by atoms with Crippen LogP contribution >= 0.6 is 0 Å². The molecule has 0 bridgehead atoms. The lowest BCUT2D eigenvalue weighted by atomic mass is 10.4. The molecule has 114 valence electrons. The van der Waals surface area contributed by atoms with Crippen LogP contribution in [0.3, 0.4) is 0 Å². The zero-order valence-corrected chi connectivity index (χ0v) is 12.7. The number of hydrogen-bond donors (Lipinski definition) is 2. The molecule has 0 spiro atoms. The SMILES string of the molecule is CCCNCCCS(=O)(=O)NCCN1CCOCC1. The lowest BCUT2D eigenvalue weighted by Gasteiger charge is -2.26. The maximum Gasteiger partial charge on any atom is 0.211 e. The van der Waals surface area contributed by atoms with E-state index in [9.17, 15) is 8.42 Å². The van der Waals surface area contributed by atoms with Gasteiger partial charge in [0, 0.05) is 26.2 Å². The van der Waals surface area contributed by atoms with E-state index in [2.05, 4.69) is 21.9 Å². The minimum Gasteiger partial charge on any atom is -0.379 e. The van der Waals surface area contributed by atoms with Crippen LogP contribution in [-0.2, 0) is 14.8 Å². The lowest BCUT2D eigenvalue weighted by molar-refractivity contribution is 0.0390. The number of ether oxygens (including phenoxy) is 1. The van der Waals surface area contributed by atoms with Crippen LogP contribution in [0.4, 0.5) is 0 Å². The van der Waals surface area contributed by atoms with Gasteiger partial charge < -0.3 is 10.1 Å². The molecule has 19 heavy (non-hydrogen) atoms. The molecule has 1 saturated heterocycles. The minimum absolute atomic E-state index is 0.201. The van der Waals surface area contributed by atoms with Crippen LogP contribution in [0.15, 0.2) is 0 Å². The fraction of sp³-hybridized carbons (Fsp3) is 1.00. The van der Waals surface area contributed by atoms with Crippen molar-refractivity contribution >= 4 is 10.0 Å². The molecule has 0 aromatic carbocycles. The highest BCUT2D eigenvalue weighted by Crippen LogP contribution is 1.95. The second-order valence-corrected chi connectivity index (χ2v) is 6.70. The topological polar surface area (TPSA) is 70.7 Å². The Morgan fingerprint density at radius 1 is 1.16 bits per heavy atom. The maximum atomic E-state index is 11.7. The molecule has 1 rings (SSSR count). The summed E-state index contributed by atoms with van der Waals surface area (Å²) >= 11 is 0. The first-order valence-corrected chi connectivity index (χ1v) is 8.77. The second-order valence-electron chi connectivity index (χ2n) is 4.77. The average molecular weight is 293 g/mol. The van der Waals surface area contributed by atoms with Crippen LogP contribution in [0.2, 0.25) is 0 Å². The van der Waals surface area contributed by atoms with Gasteiger partial charge in [-0.05, 0) is 25.9 Å². The van der Waals surface area contributed by atoms with Gasteiger partial charge in [0.05, 0.1) is 19.0 Å². The molecule has 0 saturated carbocycles. The summed E-state index contributed by atoms with van der Waals surface area (Å²) in [5, 5.41) is 3.20. The Morgan fingerprint density at radius 2 is 1.89 bits per heavy atom. The van der Waals surface area contributed by atoms with Crippen LogP contribution in [0.5, 0.6) is 0 Å². The quantitative estimate of drug-likeness (QED) is 0.538. The molecule has 0 aliphatic carbocycles. The van der Waals surface area contributed by atoms with Gasteiger partial charge in [-0.1, -0.05) is 6.92 Å². The highest BCUT2D eigenvalue weighted by molar-refractivity contribution is 7.89. The molecule has 1 fully saturated rings. The summed E-state index contributed by atoms with van der Waals surface area (Å²) in [5.74, 6) is 0.201. The van der Waals surface area contributed by atoms with Crippen LogP contribution in [-0.4, -0.2) is 71.6 Å². The molecule has 0 amide bonds. The largest absolute Gasteiger partial charge is 0.379 e. The van der Waals surface area contributed by atoms with Gasteiger partial charge in [-0.2, -0.15) is 0 Å². The van der Waals surface area contributed by atoms with Gasteiger partial charge >= 0.3 is 0 Å². The Labute approximate surface area is 116 Å². The van der Waals surface area contributed by atoms with E-state index in [1.807, 2.05) is 0 Å². The van der Waals surface area contributed by atoms with Crippen LogP contribution in [0.1, 0.15) is 19.8 Å². The Morgan fingerprint density at radius 3 is 2.58 bits per heavy atom. The maximum absolute atomic E-state index is 11.7. The van der Waals surface area contributed by atoms with Crippen molar-refractivity contribution in [2.75, 3.05) is 58.2 Å². The first-order chi connectivity index (χ1) is 9.14. The van der Waals surface area contributed by atoms with E-state index in [1.165, 1.54) is 0 Å². The molecular weight excluding hydrogens is 266 g/mol. The zero-order chi connectivity index (χ0) is 14.0. The van der Waals surface area contributed by atoms with Crippen molar-refractivity contribution in [3.8, 4) is 0 Å². The Kier molecular flexibility index (Phi) is 8.56. The van der Waals surface area contributed by atoms with E-state index in [0.717, 1.165) is 52.4 Å². The fourth-order valence-electron chi connectivity index (χ4n) is 1.95. The smallest absolute Gasteiger partial charge is 0.211 e. The predicted molar refractivity (Wildman–Crippen MR) is 76.8 cm³/mol. The summed E-state index contributed by atoms with van der Waals surface area (Å²) in [7, 11) is -3.12. The van der Waals surface area contributed by atoms with Gasteiger partial charge in [-0.3, -0.25) is 4.90 Å². The van der Waals surface area contributed by atoms with E-state index in [1.54, 1.807) is 0 Å². The number of sulfonamides is 1. The lowest BCUT2D eigenvalue weighted by Crippen LogP contribution is -2.41. The summed E-state index contributed by atoms with van der Waals surface area (Å²) in [4.78, 5) is 2.22. The third-order valence-corrected chi connectivity index (χ3v) is 4.52. The normalized spacial score (nSPS) is 17.7. The Hall–Kier alpha value is -0.210. The van der Waals surface area contributed by atoms with E-state index in [0.29, 0.717) is 13.0 Å². The molecule has 0 atom stereocenters. The highest BCUT2D eigenvalue weighted by Gasteiger charge is 2.12. The number of rotatable bonds is 10. The van der Waals surface area contributed by atoms with Crippen molar-refractivity contribution in [2.24, 2.45) is 0 Å². The molecule has 1 heterocycles. The third kappa shape index (κ3) is 8.54. The second kappa shape index (κ2) is 9.66. The van der Waals surface area contributed by atoms with Crippen molar-refractivity contribution in [1.82, 2.24) is 14.9 Å². The molecular formula is C12H27N3O3S. The molecule has 2 N–H and O–H groups in total. The summed E-state index contributed by atoms with van der Waals surface area (Å²) in [5.41, 5.74) is 0. The molecule has 0 radical (unpaired) electrons. The molecule has 1 aliphatic heterocycles. The molecule has 1 aliphatic rings. The van der Waals surface area contributed by atoms with Crippen LogP contribution in [0.25, 0.3) is 0 Å². The van der Waals surface area contributed by atoms with E-state index in [4.69, 9.17) is 4.74 Å². The first-order valence-electron chi connectivity index (χ1n) is 7.12. The average Bonchev–Trinajstić information content (AvgIpc) is 2.39. The number of nitrogens with one attached hydrogen (secondary N) is 2. The van der Waals surface area contributed by atoms with Gasteiger partial charge in [0.1, 0.15) is 0 Å². The Balaban J connectivity index is 2.05. The molecule has 0 unspecified atom stereocenters. The number of nitrogens with zero attached hydrogens (tertiary/aromatic N) is 1.